The third kappa shape index (κ3) is 3.63. The third-order valence-corrected chi connectivity index (χ3v) is 2.68. The van der Waals surface area contributed by atoms with Crippen molar-refractivity contribution in [3.8, 4) is 0 Å². The molecule has 0 aliphatic carbocycles. The van der Waals surface area contributed by atoms with E-state index in [0.29, 0.717) is 12.1 Å². The predicted octanol–water partition coefficient (Wildman–Crippen LogP) is 1.19. The quantitative estimate of drug-likeness (QED) is 0.772. The highest BCUT2D eigenvalue weighted by atomic mass is 16.3. The summed E-state index contributed by atoms with van der Waals surface area (Å²) in [5, 5.41) is 19.0. The second kappa shape index (κ2) is 5.61. The van der Waals surface area contributed by atoms with Gasteiger partial charge in [0.25, 0.3) is 0 Å². The molecule has 0 radical (unpaired) electrons. The molecule has 0 bridgehead atoms. The van der Waals surface area contributed by atoms with Crippen LogP contribution in [-0.2, 0) is 13.2 Å². The fraction of sp³-hybridized carbons (Fsp3) is 0.500. The van der Waals surface area contributed by atoms with Gasteiger partial charge >= 0.3 is 0 Å². The van der Waals surface area contributed by atoms with Gasteiger partial charge in [0.05, 0.1) is 6.61 Å². The van der Waals surface area contributed by atoms with Gasteiger partial charge in [0, 0.05) is 12.1 Å². The lowest BCUT2D eigenvalue weighted by Crippen LogP contribution is -2.31. The van der Waals surface area contributed by atoms with E-state index in [9.17, 15) is 15.0 Å². The summed E-state index contributed by atoms with van der Waals surface area (Å²) >= 11 is 0. The monoisotopic (exact) mass is 251 g/mol. The van der Waals surface area contributed by atoms with Crippen LogP contribution < -0.4 is 0 Å². The lowest BCUT2D eigenvalue weighted by Gasteiger charge is -2.18. The molecule has 1 aromatic rings. The van der Waals surface area contributed by atoms with Crippen LogP contribution in [0, 0.1) is 0 Å². The Labute approximate surface area is 108 Å². The minimum atomic E-state index is -1.38. The summed E-state index contributed by atoms with van der Waals surface area (Å²) < 4.78 is 0. The summed E-state index contributed by atoms with van der Waals surface area (Å²) in [6.45, 7) is 3.53. The zero-order chi connectivity index (χ0) is 13.9. The molecule has 4 heteroatoms. The number of aliphatic hydroxyl groups is 2. The highest BCUT2D eigenvalue weighted by molar-refractivity contribution is 6.01. The van der Waals surface area contributed by atoms with Crippen molar-refractivity contribution < 1.29 is 15.0 Å². The van der Waals surface area contributed by atoms with Crippen molar-refractivity contribution in [2.75, 3.05) is 14.1 Å². The summed E-state index contributed by atoms with van der Waals surface area (Å²) in [6, 6.07) is 5.12. The van der Waals surface area contributed by atoms with Crippen molar-refractivity contribution in [3.63, 3.8) is 0 Å². The number of carbonyl (C=O) groups excluding carboxylic acids is 1. The Hall–Kier alpha value is -1.23. The maximum atomic E-state index is 12.0. The first kappa shape index (κ1) is 14.8. The van der Waals surface area contributed by atoms with Crippen molar-refractivity contribution in [1.82, 2.24) is 4.90 Å². The van der Waals surface area contributed by atoms with Crippen LogP contribution >= 0.6 is 0 Å². The molecular weight excluding hydrogens is 230 g/mol. The van der Waals surface area contributed by atoms with E-state index in [2.05, 4.69) is 0 Å². The lowest BCUT2D eigenvalue weighted by atomic mass is 9.94. The Morgan fingerprint density at radius 1 is 1.28 bits per heavy atom. The third-order valence-electron chi connectivity index (χ3n) is 2.68. The second-order valence-electron chi connectivity index (χ2n) is 5.27. The van der Waals surface area contributed by atoms with Gasteiger partial charge in [-0.2, -0.15) is 0 Å². The number of hydrogen-bond donors (Lipinski definition) is 2. The molecule has 0 aromatic heterocycles. The largest absolute Gasteiger partial charge is 0.392 e. The van der Waals surface area contributed by atoms with E-state index in [1.165, 1.54) is 13.8 Å². The maximum absolute atomic E-state index is 12.0. The van der Waals surface area contributed by atoms with E-state index in [0.717, 1.165) is 11.1 Å². The molecule has 0 atom stereocenters. The number of hydrogen-bond acceptors (Lipinski definition) is 4. The predicted molar refractivity (Wildman–Crippen MR) is 70.4 cm³/mol. The first-order chi connectivity index (χ1) is 8.25. The average Bonchev–Trinajstić information content (AvgIpc) is 2.26. The molecule has 0 fully saturated rings. The SMILES string of the molecule is CN(C)Cc1cc(C(=O)C(C)(C)O)ccc1CO. The molecule has 1 rings (SSSR count). The van der Waals surface area contributed by atoms with Gasteiger partial charge in [-0.3, -0.25) is 4.79 Å². The number of nitrogens with zero attached hydrogens (tertiary/aromatic N) is 1. The van der Waals surface area contributed by atoms with Crippen LogP contribution in [0.3, 0.4) is 0 Å². The molecule has 0 spiro atoms. The summed E-state index contributed by atoms with van der Waals surface area (Å²) in [7, 11) is 3.84. The number of benzene rings is 1. The molecule has 4 nitrogen and oxygen atoms in total. The molecule has 0 saturated heterocycles. The number of carbonyl (C=O) groups is 1. The number of ketones is 1. The van der Waals surface area contributed by atoms with Gasteiger partial charge in [0.1, 0.15) is 5.60 Å². The molecule has 18 heavy (non-hydrogen) atoms. The highest BCUT2D eigenvalue weighted by Gasteiger charge is 2.25. The molecule has 2 N–H and O–H groups in total. The van der Waals surface area contributed by atoms with E-state index in [1.54, 1.807) is 18.2 Å². The van der Waals surface area contributed by atoms with Crippen LogP contribution in [-0.4, -0.2) is 40.6 Å². The van der Waals surface area contributed by atoms with Crippen LogP contribution in [0.1, 0.15) is 35.3 Å². The summed E-state index contributed by atoms with van der Waals surface area (Å²) in [5.41, 5.74) is 0.793. The van der Waals surface area contributed by atoms with E-state index >= 15 is 0 Å². The second-order valence-corrected chi connectivity index (χ2v) is 5.27. The fourth-order valence-electron chi connectivity index (χ4n) is 1.76. The van der Waals surface area contributed by atoms with Gasteiger partial charge in [-0.1, -0.05) is 12.1 Å². The Morgan fingerprint density at radius 2 is 1.89 bits per heavy atom. The van der Waals surface area contributed by atoms with Crippen LogP contribution in [0.4, 0.5) is 0 Å². The fourth-order valence-corrected chi connectivity index (χ4v) is 1.76. The average molecular weight is 251 g/mol. The molecule has 0 saturated carbocycles. The number of aliphatic hydroxyl groups excluding tert-OH is 1. The minimum absolute atomic E-state index is 0.0554. The first-order valence-electron chi connectivity index (χ1n) is 5.90. The van der Waals surface area contributed by atoms with Crippen LogP contribution in [0.25, 0.3) is 0 Å². The Kier molecular flexibility index (Phi) is 4.62. The topological polar surface area (TPSA) is 60.8 Å². The van der Waals surface area contributed by atoms with Crippen molar-refractivity contribution in [2.45, 2.75) is 32.6 Å². The Morgan fingerprint density at radius 3 is 2.33 bits per heavy atom. The molecule has 1 aromatic carbocycles. The minimum Gasteiger partial charge on any atom is -0.392 e. The lowest BCUT2D eigenvalue weighted by molar-refractivity contribution is 0.0488. The Balaban J connectivity index is 3.14. The molecular formula is C14H21NO3. The molecule has 0 aliphatic heterocycles. The normalized spacial score (nSPS) is 11.9. The molecule has 0 unspecified atom stereocenters. The molecule has 0 heterocycles. The van der Waals surface area contributed by atoms with E-state index in [4.69, 9.17) is 0 Å². The zero-order valence-corrected chi connectivity index (χ0v) is 11.4. The van der Waals surface area contributed by atoms with Gasteiger partial charge in [-0.25, -0.2) is 0 Å². The number of Topliss-reactive ketones (excluding diaryl/α,β-unsaturated/α-hetero) is 1. The first-order valence-corrected chi connectivity index (χ1v) is 5.90. The maximum Gasteiger partial charge on any atom is 0.193 e. The van der Waals surface area contributed by atoms with Crippen LogP contribution in [0.2, 0.25) is 0 Å². The van der Waals surface area contributed by atoms with Gasteiger partial charge in [-0.15, -0.1) is 0 Å². The van der Waals surface area contributed by atoms with Gasteiger partial charge in [-0.05, 0) is 45.1 Å². The Bertz CT molecular complexity index is 433. The van der Waals surface area contributed by atoms with Gasteiger partial charge < -0.3 is 15.1 Å². The number of rotatable bonds is 5. The highest BCUT2D eigenvalue weighted by Crippen LogP contribution is 2.18. The standard InChI is InChI=1S/C14H21NO3/c1-14(2,18)13(17)10-5-6-11(9-16)12(7-10)8-15(3)4/h5-7,16,18H,8-9H2,1-4H3. The van der Waals surface area contributed by atoms with E-state index < -0.39 is 5.60 Å². The summed E-state index contributed by atoms with van der Waals surface area (Å²) in [6.07, 6.45) is 0. The van der Waals surface area contributed by atoms with Gasteiger partial charge in [0.2, 0.25) is 0 Å². The van der Waals surface area contributed by atoms with Crippen LogP contribution in [0.5, 0.6) is 0 Å². The van der Waals surface area contributed by atoms with Crippen molar-refractivity contribution in [2.24, 2.45) is 0 Å². The molecule has 0 aliphatic rings. The van der Waals surface area contributed by atoms with E-state index in [1.807, 2.05) is 19.0 Å². The molecule has 0 amide bonds. The summed E-state index contributed by atoms with van der Waals surface area (Å²) in [4.78, 5) is 13.9. The zero-order valence-electron chi connectivity index (χ0n) is 11.4. The molecule has 100 valence electrons. The smallest absolute Gasteiger partial charge is 0.193 e. The van der Waals surface area contributed by atoms with Gasteiger partial charge in [0.15, 0.2) is 5.78 Å². The van der Waals surface area contributed by atoms with Crippen molar-refractivity contribution in [3.05, 3.63) is 34.9 Å². The van der Waals surface area contributed by atoms with E-state index in [-0.39, 0.29) is 12.4 Å². The summed E-state index contributed by atoms with van der Waals surface area (Å²) in [5.74, 6) is -0.313. The van der Waals surface area contributed by atoms with Crippen molar-refractivity contribution >= 4 is 5.78 Å². The van der Waals surface area contributed by atoms with Crippen molar-refractivity contribution in [1.29, 1.82) is 0 Å². The van der Waals surface area contributed by atoms with Crippen LogP contribution in [0.15, 0.2) is 18.2 Å².